The zero-order valence-corrected chi connectivity index (χ0v) is 15.3. The van der Waals surface area contributed by atoms with Crippen LogP contribution in [-0.2, 0) is 13.5 Å². The first-order valence-electron chi connectivity index (χ1n) is 8.00. The molecule has 0 radical (unpaired) electrons. The molecule has 7 heteroatoms. The zero-order chi connectivity index (χ0) is 18.5. The van der Waals surface area contributed by atoms with Crippen LogP contribution in [0, 0.1) is 5.82 Å². The number of Topliss-reactive ketones (excluding diaryl/α,β-unsaturated/α-hetero) is 1. The molecule has 26 heavy (non-hydrogen) atoms. The lowest BCUT2D eigenvalue weighted by molar-refractivity contribution is 0.102. The third-order valence-electron chi connectivity index (χ3n) is 3.94. The number of benzene rings is 2. The van der Waals surface area contributed by atoms with Crippen LogP contribution >= 0.6 is 11.8 Å². The number of hydrogen-bond acceptors (Lipinski definition) is 5. The number of carbonyl (C=O) groups is 1. The van der Waals surface area contributed by atoms with Crippen molar-refractivity contribution < 1.29 is 13.9 Å². The van der Waals surface area contributed by atoms with Crippen molar-refractivity contribution in [2.24, 2.45) is 7.05 Å². The van der Waals surface area contributed by atoms with E-state index >= 15 is 0 Å². The summed E-state index contributed by atoms with van der Waals surface area (Å²) in [5, 5.41) is 9.01. The number of nitrogens with zero attached hydrogens (tertiary/aromatic N) is 3. The van der Waals surface area contributed by atoms with Gasteiger partial charge in [-0.25, -0.2) is 4.39 Å². The number of thioether (sulfide) groups is 1. The van der Waals surface area contributed by atoms with E-state index < -0.39 is 5.82 Å². The fraction of sp³-hybridized carbons (Fsp3) is 0.211. The zero-order valence-electron chi connectivity index (χ0n) is 14.5. The highest BCUT2D eigenvalue weighted by molar-refractivity contribution is 7.99. The van der Waals surface area contributed by atoms with Crippen LogP contribution in [0.15, 0.2) is 53.7 Å². The third-order valence-corrected chi connectivity index (χ3v) is 4.96. The highest BCUT2D eigenvalue weighted by Gasteiger charge is 2.14. The van der Waals surface area contributed by atoms with Crippen LogP contribution in [0.1, 0.15) is 21.7 Å². The summed E-state index contributed by atoms with van der Waals surface area (Å²) in [6.07, 6.45) is 0.669. The molecule has 134 valence electrons. The number of ketones is 1. The summed E-state index contributed by atoms with van der Waals surface area (Å²) >= 11 is 1.28. The van der Waals surface area contributed by atoms with Gasteiger partial charge in [-0.3, -0.25) is 4.79 Å². The highest BCUT2D eigenvalue weighted by atomic mass is 32.2. The summed E-state index contributed by atoms with van der Waals surface area (Å²) in [7, 11) is 3.26. The molecule has 0 N–H and O–H groups in total. The first kappa shape index (κ1) is 18.1. The smallest absolute Gasteiger partial charge is 0.191 e. The van der Waals surface area contributed by atoms with Gasteiger partial charge in [-0.1, -0.05) is 42.1 Å². The van der Waals surface area contributed by atoms with Crippen LogP contribution in [0.4, 0.5) is 4.39 Å². The quantitative estimate of drug-likeness (QED) is 0.470. The number of ether oxygens (including phenoxy) is 1. The van der Waals surface area contributed by atoms with E-state index in [1.165, 1.54) is 31.0 Å². The van der Waals surface area contributed by atoms with Crippen molar-refractivity contribution in [3.05, 3.63) is 71.3 Å². The summed E-state index contributed by atoms with van der Waals surface area (Å²) in [4.78, 5) is 12.3. The molecule has 5 nitrogen and oxygen atoms in total. The minimum absolute atomic E-state index is 0.119. The van der Waals surface area contributed by atoms with Crippen molar-refractivity contribution in [1.82, 2.24) is 14.8 Å². The third kappa shape index (κ3) is 4.11. The predicted molar refractivity (Wildman–Crippen MR) is 98.3 cm³/mol. The van der Waals surface area contributed by atoms with Gasteiger partial charge in [0.25, 0.3) is 0 Å². The average molecular weight is 371 g/mol. The molecular weight excluding hydrogens is 353 g/mol. The van der Waals surface area contributed by atoms with Crippen molar-refractivity contribution in [1.29, 1.82) is 0 Å². The summed E-state index contributed by atoms with van der Waals surface area (Å²) < 4.78 is 20.5. The Hall–Kier alpha value is -2.67. The van der Waals surface area contributed by atoms with Crippen LogP contribution in [0.3, 0.4) is 0 Å². The van der Waals surface area contributed by atoms with Gasteiger partial charge >= 0.3 is 0 Å². The second kappa shape index (κ2) is 8.14. The van der Waals surface area contributed by atoms with E-state index in [1.54, 1.807) is 6.07 Å². The van der Waals surface area contributed by atoms with E-state index in [9.17, 15) is 9.18 Å². The van der Waals surface area contributed by atoms with Crippen LogP contribution in [0.25, 0.3) is 0 Å². The number of carbonyl (C=O) groups excluding carboxylic acids is 1. The lowest BCUT2D eigenvalue weighted by Gasteiger charge is -2.05. The van der Waals surface area contributed by atoms with Gasteiger partial charge in [-0.2, -0.15) is 0 Å². The molecule has 0 bridgehead atoms. The fourth-order valence-corrected chi connectivity index (χ4v) is 3.28. The molecule has 0 saturated carbocycles. The number of halogens is 1. The summed E-state index contributed by atoms with van der Waals surface area (Å²) in [5.74, 6) is 0.370. The molecule has 0 atom stereocenters. The first-order chi connectivity index (χ1) is 12.6. The molecule has 0 spiro atoms. The number of rotatable bonds is 7. The van der Waals surface area contributed by atoms with E-state index in [-0.39, 0.29) is 17.3 Å². The Kier molecular flexibility index (Phi) is 5.68. The van der Waals surface area contributed by atoms with Crippen LogP contribution < -0.4 is 4.74 Å². The number of aromatic nitrogens is 3. The molecule has 0 unspecified atom stereocenters. The maximum Gasteiger partial charge on any atom is 0.191 e. The Morgan fingerprint density at radius 2 is 1.96 bits per heavy atom. The monoisotopic (exact) mass is 371 g/mol. The van der Waals surface area contributed by atoms with Gasteiger partial charge < -0.3 is 9.30 Å². The summed E-state index contributed by atoms with van der Waals surface area (Å²) in [6.45, 7) is 0. The molecule has 0 fully saturated rings. The molecule has 2 aromatic carbocycles. The van der Waals surface area contributed by atoms with Crippen LogP contribution in [0.2, 0.25) is 0 Å². The first-order valence-corrected chi connectivity index (χ1v) is 8.98. The average Bonchev–Trinajstić information content (AvgIpc) is 3.00. The Labute approximate surface area is 155 Å². The van der Waals surface area contributed by atoms with Gasteiger partial charge in [0.15, 0.2) is 22.5 Å². The molecule has 1 aromatic heterocycles. The normalized spacial score (nSPS) is 10.7. The van der Waals surface area contributed by atoms with E-state index in [1.807, 2.05) is 41.9 Å². The molecule has 0 aliphatic heterocycles. The Bertz CT molecular complexity index is 912. The summed E-state index contributed by atoms with van der Waals surface area (Å²) in [5.41, 5.74) is 1.45. The van der Waals surface area contributed by atoms with Crippen molar-refractivity contribution in [3.63, 3.8) is 0 Å². The molecular formula is C19H18FN3O2S. The second-order valence-corrected chi connectivity index (χ2v) is 6.62. The maximum absolute atomic E-state index is 13.7. The fourth-order valence-electron chi connectivity index (χ4n) is 2.46. The standard InChI is InChI=1S/C19H18FN3O2S/c1-23-18(10-13-6-4-3-5-7-13)21-22-19(23)26-12-16(24)14-8-9-17(25-2)15(20)11-14/h3-9,11H,10,12H2,1-2H3. The molecule has 3 rings (SSSR count). The lowest BCUT2D eigenvalue weighted by Crippen LogP contribution is -2.05. The number of hydrogen-bond donors (Lipinski definition) is 0. The van der Waals surface area contributed by atoms with Gasteiger partial charge in [0, 0.05) is 19.0 Å². The van der Waals surface area contributed by atoms with Crippen molar-refractivity contribution in [3.8, 4) is 5.75 Å². The molecule has 0 aliphatic rings. The largest absolute Gasteiger partial charge is 0.494 e. The SMILES string of the molecule is COc1ccc(C(=O)CSc2nnc(Cc3ccccc3)n2C)cc1F. The predicted octanol–water partition coefficient (Wildman–Crippen LogP) is 3.53. The molecule has 0 amide bonds. The van der Waals surface area contributed by atoms with Crippen LogP contribution in [0.5, 0.6) is 5.75 Å². The Morgan fingerprint density at radius 3 is 2.65 bits per heavy atom. The highest BCUT2D eigenvalue weighted by Crippen LogP contribution is 2.21. The topological polar surface area (TPSA) is 57.0 Å². The minimum atomic E-state index is -0.549. The van der Waals surface area contributed by atoms with E-state index in [0.29, 0.717) is 17.1 Å². The second-order valence-electron chi connectivity index (χ2n) is 5.68. The van der Waals surface area contributed by atoms with Crippen molar-refractivity contribution in [2.75, 3.05) is 12.9 Å². The number of methoxy groups -OCH3 is 1. The van der Waals surface area contributed by atoms with Gasteiger partial charge in [0.05, 0.1) is 12.9 Å². The van der Waals surface area contributed by atoms with Gasteiger partial charge in [0.1, 0.15) is 5.82 Å². The lowest BCUT2D eigenvalue weighted by atomic mass is 10.1. The molecule has 1 heterocycles. The minimum Gasteiger partial charge on any atom is -0.494 e. The van der Waals surface area contributed by atoms with Gasteiger partial charge in [-0.15, -0.1) is 10.2 Å². The van der Waals surface area contributed by atoms with E-state index in [4.69, 9.17) is 4.74 Å². The molecule has 0 saturated heterocycles. The molecule has 3 aromatic rings. The van der Waals surface area contributed by atoms with Gasteiger partial charge in [0.2, 0.25) is 0 Å². The van der Waals surface area contributed by atoms with Crippen LogP contribution in [-0.4, -0.2) is 33.4 Å². The Morgan fingerprint density at radius 1 is 1.19 bits per heavy atom. The molecule has 0 aliphatic carbocycles. The van der Waals surface area contributed by atoms with Crippen molar-refractivity contribution >= 4 is 17.5 Å². The van der Waals surface area contributed by atoms with E-state index in [2.05, 4.69) is 10.2 Å². The Balaban J connectivity index is 1.64. The van der Waals surface area contributed by atoms with Gasteiger partial charge in [-0.05, 0) is 23.8 Å². The van der Waals surface area contributed by atoms with E-state index in [0.717, 1.165) is 11.4 Å². The summed E-state index contributed by atoms with van der Waals surface area (Å²) in [6, 6.07) is 14.2. The van der Waals surface area contributed by atoms with Crippen molar-refractivity contribution in [2.45, 2.75) is 11.6 Å². The maximum atomic E-state index is 13.7.